The van der Waals surface area contributed by atoms with Crippen molar-refractivity contribution in [2.24, 2.45) is 0 Å². The van der Waals surface area contributed by atoms with Crippen molar-refractivity contribution in [3.8, 4) is 16.9 Å². The van der Waals surface area contributed by atoms with Gasteiger partial charge in [-0.1, -0.05) is 107 Å². The van der Waals surface area contributed by atoms with Crippen LogP contribution >= 0.6 is 0 Å². The maximum absolute atomic E-state index is 5.11. The molecule has 0 fully saturated rings. The van der Waals surface area contributed by atoms with Gasteiger partial charge in [-0.3, -0.25) is 4.57 Å². The lowest BCUT2D eigenvalue weighted by atomic mass is 9.85. The average Bonchev–Trinajstić information content (AvgIpc) is 3.78. The van der Waals surface area contributed by atoms with E-state index in [1.165, 1.54) is 66.9 Å². The topological polar surface area (TPSA) is 27.5 Å². The summed E-state index contributed by atoms with van der Waals surface area (Å²) >= 11 is 0. The molecule has 0 N–H and O–H groups in total. The van der Waals surface area contributed by atoms with Crippen LogP contribution in [0.2, 0.25) is 0 Å². The number of benzene rings is 6. The Bertz CT molecular complexity index is 2760. The lowest BCUT2D eigenvalue weighted by Crippen LogP contribution is -2.33. The summed E-state index contributed by atoms with van der Waals surface area (Å²) in [5.74, 6) is 1.70. The molecule has 290 valence electrons. The molecule has 0 radical (unpaired) electrons. The predicted molar refractivity (Wildman–Crippen MR) is 247 cm³/mol. The van der Waals surface area contributed by atoms with E-state index in [1.54, 1.807) is 0 Å². The quantitative estimate of drug-likeness (QED) is 0.146. The largest absolute Gasteiger partial charge is 0.349 e. The van der Waals surface area contributed by atoms with E-state index in [-0.39, 0.29) is 0 Å². The molecule has 58 heavy (non-hydrogen) atoms. The molecule has 0 spiro atoms. The molecule has 0 amide bonds. The van der Waals surface area contributed by atoms with Crippen LogP contribution in [0.5, 0.6) is 0 Å². The highest BCUT2D eigenvalue weighted by molar-refractivity contribution is 6.10. The molecule has 0 bridgehead atoms. The molecule has 0 saturated heterocycles. The molecule has 6 aromatic carbocycles. The van der Waals surface area contributed by atoms with Gasteiger partial charge in [0.15, 0.2) is 0 Å². The van der Waals surface area contributed by atoms with Gasteiger partial charge in [0, 0.05) is 40.1 Å². The van der Waals surface area contributed by atoms with E-state index < -0.39 is 0 Å². The van der Waals surface area contributed by atoms with Gasteiger partial charge in [0.25, 0.3) is 0 Å². The van der Waals surface area contributed by atoms with Crippen molar-refractivity contribution in [1.29, 1.82) is 0 Å². The summed E-state index contributed by atoms with van der Waals surface area (Å²) in [7, 11) is 0. The minimum atomic E-state index is 0.385. The van der Waals surface area contributed by atoms with Crippen LogP contribution in [0.3, 0.4) is 0 Å². The van der Waals surface area contributed by atoms with Crippen LogP contribution < -0.4 is 14.7 Å². The number of hydrogen-bond donors (Lipinski definition) is 0. The third kappa shape index (κ3) is 6.30. The fourth-order valence-corrected chi connectivity index (χ4v) is 9.19. The normalized spacial score (nSPS) is 12.8. The predicted octanol–water partition coefficient (Wildman–Crippen LogP) is 14.5. The Balaban J connectivity index is 1.24. The van der Waals surface area contributed by atoms with Gasteiger partial charge in [-0.25, -0.2) is 4.98 Å². The van der Waals surface area contributed by atoms with Crippen molar-refractivity contribution < 1.29 is 0 Å². The summed E-state index contributed by atoms with van der Waals surface area (Å²) in [4.78, 5) is 12.5. The summed E-state index contributed by atoms with van der Waals surface area (Å²) < 4.78 is 2.37. The minimum Gasteiger partial charge on any atom is -0.349 e. The van der Waals surface area contributed by atoms with Crippen LogP contribution in [-0.2, 0) is 0 Å². The molecular formula is C53H53N5. The standard InChI is InChI=1S/C53H53N5/c1-34(2)43-21-15-22-44(35(3)4)52(43)39-28-29-54-51(30-39)58-47-23-10-9-20-45(47)46-27-26-42(32-50(46)58)57(53-37(7)16-13-17-38(53)8)41-19-14-18-40(31-41)56-33-55(36(5)6)48-24-11-12-25-49(48)56/h9-32,34-36H,33H2,1-8H3. The molecule has 9 rings (SSSR count). The maximum atomic E-state index is 5.11. The van der Waals surface area contributed by atoms with Crippen molar-refractivity contribution in [3.63, 3.8) is 0 Å². The second-order valence-electron chi connectivity index (χ2n) is 16.8. The Labute approximate surface area is 343 Å². The number of nitrogens with zero attached hydrogens (tertiary/aromatic N) is 5. The molecule has 8 aromatic rings. The summed E-state index contributed by atoms with van der Waals surface area (Å²) in [6, 6.07) is 51.8. The van der Waals surface area contributed by atoms with E-state index >= 15 is 0 Å². The fraction of sp³-hybridized carbons (Fsp3) is 0.226. The third-order valence-electron chi connectivity index (χ3n) is 12.0. The molecule has 1 aliphatic heterocycles. The van der Waals surface area contributed by atoms with Crippen molar-refractivity contribution >= 4 is 55.9 Å². The zero-order valence-electron chi connectivity index (χ0n) is 35.0. The fourth-order valence-electron chi connectivity index (χ4n) is 9.19. The molecule has 0 saturated carbocycles. The van der Waals surface area contributed by atoms with Crippen molar-refractivity contribution in [2.75, 3.05) is 21.4 Å². The van der Waals surface area contributed by atoms with E-state index in [9.17, 15) is 0 Å². The molecule has 1 aliphatic rings. The van der Waals surface area contributed by atoms with Crippen LogP contribution in [0.25, 0.3) is 38.8 Å². The number of rotatable bonds is 9. The molecule has 5 nitrogen and oxygen atoms in total. The SMILES string of the molecule is Cc1cccc(C)c1N(c1cccc(N2CN(C(C)C)c3ccccc32)c1)c1ccc2c3ccccc3n(-c3cc(-c4c(C(C)C)cccc4C(C)C)ccn3)c2c1. The summed E-state index contributed by atoms with van der Waals surface area (Å²) in [5.41, 5.74) is 17.1. The van der Waals surface area contributed by atoms with Gasteiger partial charge >= 0.3 is 0 Å². The van der Waals surface area contributed by atoms with Crippen molar-refractivity contribution in [1.82, 2.24) is 9.55 Å². The number of para-hydroxylation sites is 4. The van der Waals surface area contributed by atoms with Crippen molar-refractivity contribution in [3.05, 3.63) is 168 Å². The van der Waals surface area contributed by atoms with Gasteiger partial charge in [0.2, 0.25) is 0 Å². The average molecular weight is 760 g/mol. The van der Waals surface area contributed by atoms with Crippen LogP contribution in [0, 0.1) is 13.8 Å². The Morgan fingerprint density at radius 3 is 1.93 bits per heavy atom. The van der Waals surface area contributed by atoms with Crippen LogP contribution in [0.15, 0.2) is 146 Å². The van der Waals surface area contributed by atoms with E-state index in [1.807, 2.05) is 6.20 Å². The van der Waals surface area contributed by atoms with E-state index in [0.29, 0.717) is 17.9 Å². The first-order valence-electron chi connectivity index (χ1n) is 20.8. The second kappa shape index (κ2) is 14.9. The van der Waals surface area contributed by atoms with Gasteiger partial charge in [0.05, 0.1) is 34.8 Å². The Kier molecular flexibility index (Phi) is 9.56. The van der Waals surface area contributed by atoms with Gasteiger partial charge in [-0.2, -0.15) is 0 Å². The first-order chi connectivity index (χ1) is 28.1. The lowest BCUT2D eigenvalue weighted by Gasteiger charge is -2.30. The van der Waals surface area contributed by atoms with E-state index in [0.717, 1.165) is 34.9 Å². The summed E-state index contributed by atoms with van der Waals surface area (Å²) in [6.45, 7) is 19.0. The third-order valence-corrected chi connectivity index (χ3v) is 12.0. The van der Waals surface area contributed by atoms with Gasteiger partial charge in [-0.05, 0) is 134 Å². The molecule has 2 aromatic heterocycles. The van der Waals surface area contributed by atoms with E-state index in [4.69, 9.17) is 4.98 Å². The van der Waals surface area contributed by atoms with Crippen LogP contribution in [0.4, 0.5) is 34.1 Å². The molecular weight excluding hydrogens is 707 g/mol. The molecule has 5 heteroatoms. The van der Waals surface area contributed by atoms with Gasteiger partial charge < -0.3 is 14.7 Å². The lowest BCUT2D eigenvalue weighted by molar-refractivity contribution is 0.709. The van der Waals surface area contributed by atoms with E-state index in [2.05, 4.69) is 214 Å². The number of hydrogen-bond acceptors (Lipinski definition) is 4. The monoisotopic (exact) mass is 759 g/mol. The van der Waals surface area contributed by atoms with Gasteiger partial charge in [-0.15, -0.1) is 0 Å². The minimum absolute atomic E-state index is 0.385. The molecule has 0 aliphatic carbocycles. The highest BCUT2D eigenvalue weighted by atomic mass is 15.4. The molecule has 3 heterocycles. The Morgan fingerprint density at radius 1 is 0.569 bits per heavy atom. The number of aromatic nitrogens is 2. The highest BCUT2D eigenvalue weighted by Crippen LogP contribution is 2.46. The smallest absolute Gasteiger partial charge is 0.138 e. The summed E-state index contributed by atoms with van der Waals surface area (Å²) in [5, 5.41) is 2.42. The van der Waals surface area contributed by atoms with Crippen LogP contribution in [-0.4, -0.2) is 22.3 Å². The number of anilines is 6. The second-order valence-corrected chi connectivity index (χ2v) is 16.8. The van der Waals surface area contributed by atoms with Crippen molar-refractivity contribution in [2.45, 2.75) is 73.3 Å². The highest BCUT2D eigenvalue weighted by Gasteiger charge is 2.29. The first kappa shape index (κ1) is 37.3. The summed E-state index contributed by atoms with van der Waals surface area (Å²) in [6.07, 6.45) is 1.99. The Morgan fingerprint density at radius 2 is 1.21 bits per heavy atom. The first-order valence-corrected chi connectivity index (χ1v) is 20.8. The molecule has 0 unspecified atom stereocenters. The van der Waals surface area contributed by atoms with Gasteiger partial charge in [0.1, 0.15) is 5.82 Å². The Hall–Kier alpha value is -6.33. The zero-order chi connectivity index (χ0) is 40.2. The van der Waals surface area contributed by atoms with Crippen LogP contribution in [0.1, 0.15) is 75.6 Å². The maximum Gasteiger partial charge on any atom is 0.138 e. The zero-order valence-corrected chi connectivity index (χ0v) is 35.0. The molecule has 0 atom stereocenters. The number of aryl methyl sites for hydroxylation is 2. The number of pyridine rings is 1. The number of fused-ring (bicyclic) bond motifs is 4.